The molecule has 0 aliphatic carbocycles. The number of amides is 1. The highest BCUT2D eigenvalue weighted by atomic mass is 32.2. The number of carbonyl (C=O) groups is 1. The molecule has 2 aliphatic rings. The Morgan fingerprint density at radius 3 is 2.69 bits per heavy atom. The number of benzene rings is 2. The van der Waals surface area contributed by atoms with E-state index in [1.54, 1.807) is 23.1 Å². The van der Waals surface area contributed by atoms with E-state index >= 15 is 0 Å². The summed E-state index contributed by atoms with van der Waals surface area (Å²) >= 11 is 3.43. The molecule has 2 aromatic carbocycles. The number of hydrogen-bond donors (Lipinski definition) is 1. The molecule has 5 rings (SSSR count). The summed E-state index contributed by atoms with van der Waals surface area (Å²) < 4.78 is 37.8. The van der Waals surface area contributed by atoms with Gasteiger partial charge >= 0.3 is 0 Å². The van der Waals surface area contributed by atoms with Gasteiger partial charge in [-0.3, -0.25) is 4.79 Å². The van der Waals surface area contributed by atoms with Crippen LogP contribution in [-0.4, -0.2) is 43.8 Å². The summed E-state index contributed by atoms with van der Waals surface area (Å²) in [6, 6.07) is 12.7. The molecule has 0 bridgehead atoms. The fourth-order valence-electron chi connectivity index (χ4n) is 6.19. The second-order valence-corrected chi connectivity index (χ2v) is 15.2. The smallest absolute Gasteiger partial charge is 0.279 e. The van der Waals surface area contributed by atoms with E-state index in [0.29, 0.717) is 17.6 Å². The van der Waals surface area contributed by atoms with Crippen LogP contribution in [0.1, 0.15) is 62.1 Å². The highest BCUT2D eigenvalue weighted by Crippen LogP contribution is 2.55. The molecule has 3 heterocycles. The summed E-state index contributed by atoms with van der Waals surface area (Å²) in [6.07, 6.45) is 8.51. The van der Waals surface area contributed by atoms with E-state index < -0.39 is 10.1 Å². The predicted molar refractivity (Wildman–Crippen MR) is 172 cm³/mol. The number of thioether (sulfide) groups is 1. The number of fused-ring (bicyclic) bond motifs is 3. The summed E-state index contributed by atoms with van der Waals surface area (Å²) in [7, 11) is -4.28. The van der Waals surface area contributed by atoms with E-state index in [1.807, 2.05) is 6.92 Å². The van der Waals surface area contributed by atoms with Gasteiger partial charge in [0.2, 0.25) is 5.52 Å². The minimum absolute atomic E-state index is 0.130. The lowest BCUT2D eigenvalue weighted by Gasteiger charge is -2.43. The van der Waals surface area contributed by atoms with Crippen molar-refractivity contribution < 1.29 is 22.3 Å². The van der Waals surface area contributed by atoms with Gasteiger partial charge in [-0.15, -0.1) is 0 Å². The third-order valence-corrected chi connectivity index (χ3v) is 11.3. The average molecular weight is 627 g/mol. The molecule has 1 saturated heterocycles. The Hall–Kier alpha value is -2.50. The molecule has 42 heavy (non-hydrogen) atoms. The zero-order chi connectivity index (χ0) is 30.1. The van der Waals surface area contributed by atoms with Crippen LogP contribution >= 0.6 is 23.1 Å². The number of carbonyl (C=O) groups excluding carboxylic acids is 1. The van der Waals surface area contributed by atoms with Crippen molar-refractivity contribution in [3.05, 3.63) is 69.2 Å². The number of nitrogens with zero attached hydrogens (tertiary/aromatic N) is 2. The number of rotatable bonds is 9. The zero-order valence-electron chi connectivity index (χ0n) is 24.8. The third-order valence-electron chi connectivity index (χ3n) is 8.14. The van der Waals surface area contributed by atoms with Crippen LogP contribution in [0.4, 0.5) is 5.69 Å². The summed E-state index contributed by atoms with van der Waals surface area (Å²) in [6.45, 7) is 10.3. The predicted octanol–water partition coefficient (Wildman–Crippen LogP) is 6.18. The minimum Gasteiger partial charge on any atom is -0.748 e. The summed E-state index contributed by atoms with van der Waals surface area (Å²) in [5.41, 5.74) is 5.65. The first-order valence-corrected chi connectivity index (χ1v) is 17.9. The number of piperidine rings is 1. The van der Waals surface area contributed by atoms with Gasteiger partial charge in [-0.05, 0) is 80.6 Å². The minimum atomic E-state index is -4.28. The molecule has 2 aliphatic heterocycles. The zero-order valence-corrected chi connectivity index (χ0v) is 27.3. The van der Waals surface area contributed by atoms with Crippen molar-refractivity contribution in [2.75, 3.05) is 18.8 Å². The number of aromatic nitrogens is 1. The van der Waals surface area contributed by atoms with Crippen LogP contribution in [0.2, 0.25) is 0 Å². The quantitative estimate of drug-likeness (QED) is 0.174. The van der Waals surface area contributed by atoms with E-state index in [9.17, 15) is 17.8 Å². The molecule has 1 spiro atoms. The highest BCUT2D eigenvalue weighted by Gasteiger charge is 2.54. The second-order valence-electron chi connectivity index (χ2n) is 11.5. The molecular formula is C32H40N3O4S3+. The van der Waals surface area contributed by atoms with Gasteiger partial charge in [0.15, 0.2) is 23.3 Å². The van der Waals surface area contributed by atoms with Crippen molar-refractivity contribution >= 4 is 61.1 Å². The first-order chi connectivity index (χ1) is 20.0. The van der Waals surface area contributed by atoms with E-state index in [0.717, 1.165) is 58.6 Å². The molecule has 0 saturated carbocycles. The number of aryl methyl sites for hydroxylation is 3. The fourth-order valence-corrected chi connectivity index (χ4v) is 9.26. The topological polar surface area (TPSA) is 90.2 Å². The van der Waals surface area contributed by atoms with Gasteiger partial charge in [0.1, 0.15) is 4.70 Å². The maximum absolute atomic E-state index is 13.6. The number of nitrogens with one attached hydrogen (secondary N) is 1. The van der Waals surface area contributed by atoms with Crippen molar-refractivity contribution in [1.29, 1.82) is 0 Å². The van der Waals surface area contributed by atoms with Gasteiger partial charge in [0.25, 0.3) is 10.9 Å². The SMILES string of the molecule is CCCNC(=O)C1CCCC[N+]12C(=CC(C)=Cc1sc3ccc(C)cc3[n+]1CCCS(=O)(=O)[O-])Sc1ccc(C)cc12. The third kappa shape index (κ3) is 6.38. The Morgan fingerprint density at radius 1 is 1.17 bits per heavy atom. The lowest BCUT2D eigenvalue weighted by atomic mass is 9.95. The molecule has 224 valence electrons. The number of thiazole rings is 1. The molecule has 1 N–H and O–H groups in total. The van der Waals surface area contributed by atoms with E-state index in [1.165, 1.54) is 21.2 Å². The highest BCUT2D eigenvalue weighted by molar-refractivity contribution is 8.03. The van der Waals surface area contributed by atoms with Crippen molar-refractivity contribution in [2.24, 2.45) is 0 Å². The van der Waals surface area contributed by atoms with Crippen molar-refractivity contribution in [2.45, 2.75) is 77.3 Å². The normalized spacial score (nSPS) is 21.8. The molecule has 1 aromatic heterocycles. The molecule has 0 radical (unpaired) electrons. The van der Waals surface area contributed by atoms with Gasteiger partial charge in [-0.1, -0.05) is 30.4 Å². The molecule has 7 nitrogen and oxygen atoms in total. The van der Waals surface area contributed by atoms with Gasteiger partial charge in [0.05, 0.1) is 21.6 Å². The Kier molecular flexibility index (Phi) is 9.30. The average Bonchev–Trinajstić information content (AvgIpc) is 3.41. The number of hydrogen-bond acceptors (Lipinski definition) is 6. The molecule has 1 fully saturated rings. The second kappa shape index (κ2) is 12.6. The van der Waals surface area contributed by atoms with Crippen LogP contribution in [0, 0.1) is 13.8 Å². The van der Waals surface area contributed by atoms with E-state index in [-0.39, 0.29) is 24.1 Å². The van der Waals surface area contributed by atoms with E-state index in [4.69, 9.17) is 0 Å². The van der Waals surface area contributed by atoms with Crippen molar-refractivity contribution in [1.82, 2.24) is 9.80 Å². The number of allylic oxidation sites excluding steroid dienone is 2. The monoisotopic (exact) mass is 626 g/mol. The Labute approximate surface area is 257 Å². The van der Waals surface area contributed by atoms with Gasteiger partial charge < -0.3 is 9.87 Å². The van der Waals surface area contributed by atoms with Crippen LogP contribution in [-0.2, 0) is 21.5 Å². The first kappa shape index (κ1) is 30.9. The molecule has 1 amide bonds. The Morgan fingerprint density at radius 2 is 1.93 bits per heavy atom. The Bertz CT molecular complexity index is 1680. The van der Waals surface area contributed by atoms with Crippen molar-refractivity contribution in [3.63, 3.8) is 0 Å². The molecule has 3 aromatic rings. The maximum atomic E-state index is 13.6. The van der Waals surface area contributed by atoms with E-state index in [2.05, 4.69) is 79.2 Å². The molecule has 2 atom stereocenters. The maximum Gasteiger partial charge on any atom is 0.279 e. The van der Waals surface area contributed by atoms with Gasteiger partial charge in [0, 0.05) is 49.4 Å². The van der Waals surface area contributed by atoms with Crippen LogP contribution < -0.4 is 14.4 Å². The van der Waals surface area contributed by atoms with Crippen LogP contribution in [0.3, 0.4) is 0 Å². The standard InChI is InChI=1S/C32H39N3O4S3/c1-5-14-33-32(36)26-9-6-7-16-35(26)27-19-23(3)11-13-29(27)41-31(35)21-24(4)20-30-34(15-8-17-42(37,38)39)25-18-22(2)10-12-28(25)40-30/h10-13,18-21,26H,5-9,14-17H2,1-4H3/p+1. The van der Waals surface area contributed by atoms with Crippen LogP contribution in [0.5, 0.6) is 0 Å². The van der Waals surface area contributed by atoms with Crippen molar-refractivity contribution in [3.8, 4) is 0 Å². The van der Waals surface area contributed by atoms with Gasteiger partial charge in [-0.2, -0.15) is 4.57 Å². The molecule has 2 unspecified atom stereocenters. The molecular weight excluding hydrogens is 587 g/mol. The first-order valence-electron chi connectivity index (χ1n) is 14.7. The largest absolute Gasteiger partial charge is 0.748 e. The lowest BCUT2D eigenvalue weighted by Crippen LogP contribution is -2.62. The van der Waals surface area contributed by atoms with Crippen LogP contribution in [0.15, 0.2) is 58.0 Å². The summed E-state index contributed by atoms with van der Waals surface area (Å²) in [4.78, 5) is 14.8. The summed E-state index contributed by atoms with van der Waals surface area (Å²) in [5.74, 6) is -0.254. The fraction of sp³-hybridized carbons (Fsp3) is 0.438. The van der Waals surface area contributed by atoms with Gasteiger partial charge in [-0.25, -0.2) is 12.9 Å². The number of quaternary nitrogens is 1. The Balaban J connectivity index is 1.58. The van der Waals surface area contributed by atoms with Crippen LogP contribution in [0.25, 0.3) is 16.3 Å². The molecule has 10 heteroatoms. The lowest BCUT2D eigenvalue weighted by molar-refractivity contribution is -0.668. The summed E-state index contributed by atoms with van der Waals surface area (Å²) in [5, 5.41) is 5.37.